The van der Waals surface area contributed by atoms with Gasteiger partial charge in [0.1, 0.15) is 0 Å². The molecule has 2 atom stereocenters. The Morgan fingerprint density at radius 2 is 1.89 bits per heavy atom. The van der Waals surface area contributed by atoms with Gasteiger partial charge in [-0.1, -0.05) is 40.0 Å². The molecule has 0 bridgehead atoms. The zero-order chi connectivity index (χ0) is 19.5. The second kappa shape index (κ2) is 8.71. The number of hydrogen-bond acceptors (Lipinski definition) is 3. The van der Waals surface area contributed by atoms with Gasteiger partial charge in [-0.2, -0.15) is 0 Å². The van der Waals surface area contributed by atoms with Crippen molar-refractivity contribution < 1.29 is 8.42 Å². The van der Waals surface area contributed by atoms with Crippen molar-refractivity contribution in [3.05, 3.63) is 0 Å². The van der Waals surface area contributed by atoms with Crippen LogP contribution in [0.15, 0.2) is 4.99 Å². The van der Waals surface area contributed by atoms with E-state index in [-0.39, 0.29) is 5.92 Å². The third-order valence-electron chi connectivity index (χ3n) is 6.45. The van der Waals surface area contributed by atoms with E-state index in [9.17, 15) is 8.42 Å². The summed E-state index contributed by atoms with van der Waals surface area (Å²) >= 11 is 0. The molecule has 1 N–H and O–H groups in total. The van der Waals surface area contributed by atoms with Crippen molar-refractivity contribution in [2.75, 3.05) is 37.7 Å². The van der Waals surface area contributed by atoms with Crippen molar-refractivity contribution in [1.29, 1.82) is 0 Å². The molecule has 0 spiro atoms. The Labute approximate surface area is 166 Å². The third-order valence-corrected chi connectivity index (χ3v) is 8.29. The van der Waals surface area contributed by atoms with Crippen molar-refractivity contribution in [1.82, 2.24) is 10.2 Å². The maximum absolute atomic E-state index is 11.8. The molecule has 3 rings (SSSR count). The fourth-order valence-corrected chi connectivity index (χ4v) is 7.17. The SMILES string of the molecule is CC1CN(C(=NCC2CCS(=O)(=O)C2)NCC2CCCCC2)CC(C)(C)C1. The average molecular weight is 398 g/mol. The molecular formula is C21H39N3O2S. The molecule has 27 heavy (non-hydrogen) atoms. The molecule has 0 radical (unpaired) electrons. The predicted molar refractivity (Wildman–Crippen MR) is 113 cm³/mol. The van der Waals surface area contributed by atoms with E-state index >= 15 is 0 Å². The monoisotopic (exact) mass is 397 g/mol. The summed E-state index contributed by atoms with van der Waals surface area (Å²) in [6, 6.07) is 0. The van der Waals surface area contributed by atoms with Gasteiger partial charge >= 0.3 is 0 Å². The maximum Gasteiger partial charge on any atom is 0.193 e. The molecular weight excluding hydrogens is 358 g/mol. The number of likely N-dealkylation sites (tertiary alicyclic amines) is 1. The van der Waals surface area contributed by atoms with Gasteiger partial charge in [-0.25, -0.2) is 8.42 Å². The van der Waals surface area contributed by atoms with Gasteiger partial charge in [-0.3, -0.25) is 4.99 Å². The lowest BCUT2D eigenvalue weighted by Gasteiger charge is -2.43. The molecule has 5 nitrogen and oxygen atoms in total. The lowest BCUT2D eigenvalue weighted by atomic mass is 9.79. The second-order valence-electron chi connectivity index (χ2n) is 10.2. The highest BCUT2D eigenvalue weighted by Crippen LogP contribution is 2.32. The Morgan fingerprint density at radius 3 is 2.52 bits per heavy atom. The Morgan fingerprint density at radius 1 is 1.15 bits per heavy atom. The van der Waals surface area contributed by atoms with E-state index in [1.165, 1.54) is 38.5 Å². The molecule has 3 aliphatic rings. The summed E-state index contributed by atoms with van der Waals surface area (Å²) in [5.74, 6) is 3.27. The molecule has 1 aliphatic carbocycles. The molecule has 2 unspecified atom stereocenters. The Balaban J connectivity index is 1.66. The summed E-state index contributed by atoms with van der Waals surface area (Å²) in [4.78, 5) is 7.38. The third kappa shape index (κ3) is 6.37. The average Bonchev–Trinajstić information content (AvgIpc) is 2.93. The molecule has 2 saturated heterocycles. The van der Waals surface area contributed by atoms with Crippen LogP contribution in [-0.2, 0) is 9.84 Å². The van der Waals surface area contributed by atoms with Crippen LogP contribution in [0.5, 0.6) is 0 Å². The Hall–Kier alpha value is -0.780. The standard InChI is InChI=1S/C21H39N3O2S/c1-17-11-21(2,3)16-24(14-17)20(22-12-18-7-5-4-6-8-18)23-13-19-9-10-27(25,26)15-19/h17-19H,4-16H2,1-3H3,(H,22,23). The van der Waals surface area contributed by atoms with E-state index in [2.05, 4.69) is 31.0 Å². The summed E-state index contributed by atoms with van der Waals surface area (Å²) in [7, 11) is -2.83. The van der Waals surface area contributed by atoms with Crippen LogP contribution < -0.4 is 5.32 Å². The van der Waals surface area contributed by atoms with Gasteiger partial charge in [0, 0.05) is 26.2 Å². The highest BCUT2D eigenvalue weighted by molar-refractivity contribution is 7.91. The molecule has 2 aliphatic heterocycles. The number of nitrogens with one attached hydrogen (secondary N) is 1. The minimum Gasteiger partial charge on any atom is -0.356 e. The Kier molecular flexibility index (Phi) is 6.75. The molecule has 0 amide bonds. The topological polar surface area (TPSA) is 61.8 Å². The molecule has 0 aromatic heterocycles. The molecule has 6 heteroatoms. The zero-order valence-corrected chi connectivity index (χ0v) is 18.4. The van der Waals surface area contributed by atoms with Crippen LogP contribution in [-0.4, -0.2) is 57.0 Å². The highest BCUT2D eigenvalue weighted by atomic mass is 32.2. The quantitative estimate of drug-likeness (QED) is 0.584. The number of nitrogens with zero attached hydrogens (tertiary/aromatic N) is 2. The first-order valence-electron chi connectivity index (χ1n) is 11.0. The van der Waals surface area contributed by atoms with Crippen LogP contribution in [0.25, 0.3) is 0 Å². The first-order chi connectivity index (χ1) is 12.7. The van der Waals surface area contributed by atoms with Crippen molar-refractivity contribution >= 4 is 15.8 Å². The van der Waals surface area contributed by atoms with Gasteiger partial charge in [-0.15, -0.1) is 0 Å². The summed E-state index contributed by atoms with van der Waals surface area (Å²) in [5, 5.41) is 3.69. The van der Waals surface area contributed by atoms with Crippen LogP contribution >= 0.6 is 0 Å². The van der Waals surface area contributed by atoms with Gasteiger partial charge in [0.25, 0.3) is 0 Å². The van der Waals surface area contributed by atoms with Crippen LogP contribution in [0.2, 0.25) is 0 Å². The second-order valence-corrected chi connectivity index (χ2v) is 12.4. The fraction of sp³-hybridized carbons (Fsp3) is 0.952. The van der Waals surface area contributed by atoms with Crippen LogP contribution in [0, 0.1) is 23.2 Å². The van der Waals surface area contributed by atoms with E-state index in [1.54, 1.807) is 0 Å². The number of piperidine rings is 1. The lowest BCUT2D eigenvalue weighted by molar-refractivity contribution is 0.129. The van der Waals surface area contributed by atoms with Crippen molar-refractivity contribution in [3.63, 3.8) is 0 Å². The largest absolute Gasteiger partial charge is 0.356 e. The number of hydrogen-bond donors (Lipinski definition) is 1. The normalized spacial score (nSPS) is 31.8. The smallest absolute Gasteiger partial charge is 0.193 e. The minimum absolute atomic E-state index is 0.191. The van der Waals surface area contributed by atoms with E-state index in [1.807, 2.05) is 0 Å². The molecule has 0 aromatic rings. The van der Waals surface area contributed by atoms with Crippen LogP contribution in [0.3, 0.4) is 0 Å². The van der Waals surface area contributed by atoms with Crippen LogP contribution in [0.4, 0.5) is 0 Å². The Bertz CT molecular complexity index is 623. The van der Waals surface area contributed by atoms with Gasteiger partial charge in [0.15, 0.2) is 15.8 Å². The summed E-state index contributed by atoms with van der Waals surface area (Å²) in [6.07, 6.45) is 8.75. The molecule has 2 heterocycles. The summed E-state index contributed by atoms with van der Waals surface area (Å²) in [6.45, 7) is 10.7. The van der Waals surface area contributed by atoms with Crippen molar-refractivity contribution in [2.45, 2.75) is 65.7 Å². The maximum atomic E-state index is 11.8. The number of sulfone groups is 1. The summed E-state index contributed by atoms with van der Waals surface area (Å²) in [5.41, 5.74) is 0.293. The molecule has 3 fully saturated rings. The van der Waals surface area contributed by atoms with E-state index in [0.717, 1.165) is 37.9 Å². The van der Waals surface area contributed by atoms with Crippen LogP contribution in [0.1, 0.15) is 65.7 Å². The highest BCUT2D eigenvalue weighted by Gasteiger charge is 2.33. The van der Waals surface area contributed by atoms with Gasteiger partial charge in [0.2, 0.25) is 0 Å². The van der Waals surface area contributed by atoms with Gasteiger partial charge in [-0.05, 0) is 48.9 Å². The fourth-order valence-electron chi connectivity index (χ4n) is 5.32. The lowest BCUT2D eigenvalue weighted by Crippen LogP contribution is -2.52. The number of rotatable bonds is 4. The van der Waals surface area contributed by atoms with Gasteiger partial charge in [0.05, 0.1) is 11.5 Å². The zero-order valence-electron chi connectivity index (χ0n) is 17.5. The van der Waals surface area contributed by atoms with Crippen molar-refractivity contribution in [2.24, 2.45) is 28.2 Å². The van der Waals surface area contributed by atoms with Crippen molar-refractivity contribution in [3.8, 4) is 0 Å². The predicted octanol–water partition coefficient (Wildman–Crippen LogP) is 3.32. The molecule has 156 valence electrons. The summed E-state index contributed by atoms with van der Waals surface area (Å²) < 4.78 is 23.5. The molecule has 1 saturated carbocycles. The number of aliphatic imine (C=N–C) groups is 1. The minimum atomic E-state index is -2.83. The van der Waals surface area contributed by atoms with Gasteiger partial charge < -0.3 is 10.2 Å². The van der Waals surface area contributed by atoms with E-state index < -0.39 is 9.84 Å². The number of guanidine groups is 1. The van der Waals surface area contributed by atoms with E-state index in [0.29, 0.717) is 29.4 Å². The van der Waals surface area contributed by atoms with E-state index in [4.69, 9.17) is 4.99 Å². The first kappa shape index (κ1) is 20.9. The molecule has 0 aromatic carbocycles. The first-order valence-corrected chi connectivity index (χ1v) is 12.8.